The highest BCUT2D eigenvalue weighted by atomic mass is 32.1. The van der Waals surface area contributed by atoms with Crippen LogP contribution in [0.25, 0.3) is 10.2 Å². The lowest BCUT2D eigenvalue weighted by atomic mass is 10.2. The lowest BCUT2D eigenvalue weighted by Crippen LogP contribution is -2.48. The molecule has 1 saturated heterocycles. The van der Waals surface area contributed by atoms with Gasteiger partial charge in [0.15, 0.2) is 5.13 Å². The molecule has 8 heteroatoms. The molecule has 1 aliphatic heterocycles. The summed E-state index contributed by atoms with van der Waals surface area (Å²) in [6.45, 7) is 7.62. The van der Waals surface area contributed by atoms with E-state index in [0.29, 0.717) is 24.2 Å². The second-order valence-electron chi connectivity index (χ2n) is 7.90. The maximum atomic E-state index is 13.9. The first kappa shape index (κ1) is 22.5. The Balaban J connectivity index is 1.21. The van der Waals surface area contributed by atoms with E-state index in [2.05, 4.69) is 27.0 Å². The molecule has 1 fully saturated rings. The van der Waals surface area contributed by atoms with E-state index >= 15 is 0 Å². The number of fused-ring (bicyclic) bond motifs is 1. The maximum absolute atomic E-state index is 13.9. The van der Waals surface area contributed by atoms with Gasteiger partial charge in [-0.25, -0.2) is 9.37 Å². The zero-order valence-corrected chi connectivity index (χ0v) is 19.2. The van der Waals surface area contributed by atoms with E-state index in [1.165, 1.54) is 17.4 Å². The summed E-state index contributed by atoms with van der Waals surface area (Å²) in [5.74, 6) is 0.385. The molecule has 0 atom stereocenters. The van der Waals surface area contributed by atoms with E-state index in [1.807, 2.05) is 24.3 Å². The van der Waals surface area contributed by atoms with Crippen LogP contribution in [-0.2, 0) is 0 Å². The minimum atomic E-state index is -0.266. The highest BCUT2D eigenvalue weighted by Crippen LogP contribution is 2.30. The molecule has 4 rings (SSSR count). The van der Waals surface area contributed by atoms with Crippen molar-refractivity contribution in [3.8, 4) is 5.75 Å². The fraction of sp³-hybridized carbons (Fsp3) is 0.417. The van der Waals surface area contributed by atoms with Gasteiger partial charge in [0, 0.05) is 44.8 Å². The van der Waals surface area contributed by atoms with Crippen molar-refractivity contribution in [1.29, 1.82) is 0 Å². The summed E-state index contributed by atoms with van der Waals surface area (Å²) in [5, 5.41) is 3.88. The average Bonchev–Trinajstić information content (AvgIpc) is 3.26. The van der Waals surface area contributed by atoms with Crippen LogP contribution in [0.5, 0.6) is 5.75 Å². The van der Waals surface area contributed by atoms with Gasteiger partial charge < -0.3 is 15.0 Å². The van der Waals surface area contributed by atoms with Crippen molar-refractivity contribution in [3.05, 3.63) is 53.8 Å². The predicted molar refractivity (Wildman–Crippen MR) is 127 cm³/mol. The number of thiazole rings is 1. The quantitative estimate of drug-likeness (QED) is 0.490. The molecule has 3 aromatic rings. The first-order valence-corrected chi connectivity index (χ1v) is 12.0. The van der Waals surface area contributed by atoms with E-state index in [-0.39, 0.29) is 11.7 Å². The SMILES string of the molecule is CCCCOc1cccc(C(=O)NCCN2CCN(c3nc4c(F)cccc4s3)CC2)c1. The van der Waals surface area contributed by atoms with Crippen molar-refractivity contribution < 1.29 is 13.9 Å². The molecule has 0 aliphatic carbocycles. The number of para-hydroxylation sites is 1. The van der Waals surface area contributed by atoms with Crippen LogP contribution < -0.4 is 15.0 Å². The lowest BCUT2D eigenvalue weighted by Gasteiger charge is -2.34. The Morgan fingerprint density at radius 3 is 2.78 bits per heavy atom. The predicted octanol–water partition coefficient (Wildman–Crippen LogP) is 4.17. The van der Waals surface area contributed by atoms with E-state index in [1.54, 1.807) is 12.1 Å². The van der Waals surface area contributed by atoms with Crippen LogP contribution in [0.4, 0.5) is 9.52 Å². The minimum Gasteiger partial charge on any atom is -0.494 e. The molecule has 170 valence electrons. The molecule has 0 unspecified atom stereocenters. The molecule has 6 nitrogen and oxygen atoms in total. The summed E-state index contributed by atoms with van der Waals surface area (Å²) in [7, 11) is 0. The Morgan fingerprint density at radius 1 is 1.19 bits per heavy atom. The number of benzene rings is 2. The largest absolute Gasteiger partial charge is 0.494 e. The number of unbranched alkanes of at least 4 members (excludes halogenated alkanes) is 1. The Hall–Kier alpha value is -2.71. The number of piperazine rings is 1. The third-order valence-electron chi connectivity index (χ3n) is 5.58. The molecular weight excluding hydrogens is 427 g/mol. The van der Waals surface area contributed by atoms with Crippen molar-refractivity contribution in [2.24, 2.45) is 0 Å². The Morgan fingerprint density at radius 2 is 2.00 bits per heavy atom. The van der Waals surface area contributed by atoms with E-state index in [0.717, 1.165) is 61.1 Å². The number of hydrogen-bond donors (Lipinski definition) is 1. The van der Waals surface area contributed by atoms with Crippen LogP contribution in [0.2, 0.25) is 0 Å². The van der Waals surface area contributed by atoms with Gasteiger partial charge in [-0.05, 0) is 36.8 Å². The van der Waals surface area contributed by atoms with Gasteiger partial charge in [-0.1, -0.05) is 36.8 Å². The van der Waals surface area contributed by atoms with Crippen LogP contribution in [0, 0.1) is 5.82 Å². The molecule has 2 heterocycles. The van der Waals surface area contributed by atoms with Crippen molar-refractivity contribution in [2.75, 3.05) is 50.8 Å². The molecular formula is C24H29FN4O2S. The number of halogens is 1. The van der Waals surface area contributed by atoms with Gasteiger partial charge in [-0.3, -0.25) is 9.69 Å². The Bertz CT molecular complexity index is 1050. The number of carbonyl (C=O) groups excluding carboxylic acids is 1. The zero-order chi connectivity index (χ0) is 22.3. The summed E-state index contributed by atoms with van der Waals surface area (Å²) in [6, 6.07) is 12.4. The summed E-state index contributed by atoms with van der Waals surface area (Å²) >= 11 is 1.53. The van der Waals surface area contributed by atoms with E-state index < -0.39 is 0 Å². The zero-order valence-electron chi connectivity index (χ0n) is 18.3. The van der Waals surface area contributed by atoms with Crippen molar-refractivity contribution in [1.82, 2.24) is 15.2 Å². The number of rotatable bonds is 9. The second kappa shape index (κ2) is 10.7. The van der Waals surface area contributed by atoms with Crippen LogP contribution in [-0.4, -0.2) is 61.7 Å². The summed E-state index contributed by atoms with van der Waals surface area (Å²) in [6.07, 6.45) is 2.08. The van der Waals surface area contributed by atoms with Gasteiger partial charge in [-0.2, -0.15) is 0 Å². The van der Waals surface area contributed by atoms with Crippen LogP contribution >= 0.6 is 11.3 Å². The molecule has 0 bridgehead atoms. The standard InChI is InChI=1S/C24H29FN4O2S/c1-2-3-16-31-19-7-4-6-18(17-19)23(30)26-10-11-28-12-14-29(15-13-28)24-27-22-20(25)8-5-9-21(22)32-24/h4-9,17H,2-3,10-16H2,1H3,(H,26,30). The monoisotopic (exact) mass is 456 g/mol. The molecule has 2 aromatic carbocycles. The van der Waals surface area contributed by atoms with Gasteiger partial charge in [0.05, 0.1) is 11.3 Å². The normalized spacial score (nSPS) is 14.6. The van der Waals surface area contributed by atoms with Gasteiger partial charge >= 0.3 is 0 Å². The number of ether oxygens (including phenoxy) is 1. The number of hydrogen-bond acceptors (Lipinski definition) is 6. The maximum Gasteiger partial charge on any atom is 0.251 e. The highest BCUT2D eigenvalue weighted by molar-refractivity contribution is 7.22. The topological polar surface area (TPSA) is 57.7 Å². The highest BCUT2D eigenvalue weighted by Gasteiger charge is 2.20. The van der Waals surface area contributed by atoms with Crippen LogP contribution in [0.3, 0.4) is 0 Å². The average molecular weight is 457 g/mol. The molecule has 1 N–H and O–H groups in total. The van der Waals surface area contributed by atoms with Gasteiger partial charge in [0.2, 0.25) is 0 Å². The van der Waals surface area contributed by atoms with E-state index in [4.69, 9.17) is 4.74 Å². The summed E-state index contributed by atoms with van der Waals surface area (Å²) in [4.78, 5) is 21.5. The smallest absolute Gasteiger partial charge is 0.251 e. The molecule has 32 heavy (non-hydrogen) atoms. The van der Waals surface area contributed by atoms with Gasteiger partial charge in [-0.15, -0.1) is 0 Å². The first-order chi connectivity index (χ1) is 15.6. The number of anilines is 1. The Kier molecular flexibility index (Phi) is 7.55. The van der Waals surface area contributed by atoms with Crippen LogP contribution in [0.15, 0.2) is 42.5 Å². The van der Waals surface area contributed by atoms with Crippen molar-refractivity contribution in [3.63, 3.8) is 0 Å². The van der Waals surface area contributed by atoms with Crippen molar-refractivity contribution >= 4 is 32.6 Å². The fourth-order valence-electron chi connectivity index (χ4n) is 3.69. The lowest BCUT2D eigenvalue weighted by molar-refractivity contribution is 0.0947. The third-order valence-corrected chi connectivity index (χ3v) is 6.66. The molecule has 1 amide bonds. The second-order valence-corrected chi connectivity index (χ2v) is 8.91. The number of nitrogens with zero attached hydrogens (tertiary/aromatic N) is 3. The van der Waals surface area contributed by atoms with Crippen LogP contribution in [0.1, 0.15) is 30.1 Å². The first-order valence-electron chi connectivity index (χ1n) is 11.2. The Labute approximate surface area is 192 Å². The summed E-state index contributed by atoms with van der Waals surface area (Å²) in [5.41, 5.74) is 1.07. The molecule has 0 radical (unpaired) electrons. The summed E-state index contributed by atoms with van der Waals surface area (Å²) < 4.78 is 20.5. The number of carbonyl (C=O) groups is 1. The third kappa shape index (κ3) is 5.55. The molecule has 0 spiro atoms. The van der Waals surface area contributed by atoms with E-state index in [9.17, 15) is 9.18 Å². The minimum absolute atomic E-state index is 0.0823. The van der Waals surface area contributed by atoms with Gasteiger partial charge in [0.1, 0.15) is 17.1 Å². The molecule has 1 aliphatic rings. The molecule has 1 aromatic heterocycles. The molecule has 0 saturated carbocycles. The fourth-order valence-corrected chi connectivity index (χ4v) is 4.72. The number of nitrogens with one attached hydrogen (secondary N) is 1. The number of aromatic nitrogens is 1. The van der Waals surface area contributed by atoms with Gasteiger partial charge in [0.25, 0.3) is 5.91 Å². The van der Waals surface area contributed by atoms with Crippen molar-refractivity contribution in [2.45, 2.75) is 19.8 Å². The number of amides is 1.